The van der Waals surface area contributed by atoms with Gasteiger partial charge in [0.15, 0.2) is 0 Å². The summed E-state index contributed by atoms with van der Waals surface area (Å²) in [5.41, 5.74) is 0. The molecule has 4 heteroatoms. The smallest absolute Gasteiger partial charge is 0.236 e. The molecule has 2 rings (SSSR count). The van der Waals surface area contributed by atoms with E-state index in [1.54, 1.807) is 0 Å². The Morgan fingerprint density at radius 3 is 2.58 bits per heavy atom. The molecule has 1 N–H and O–H groups in total. The van der Waals surface area contributed by atoms with Crippen LogP contribution in [-0.2, 0) is 4.79 Å². The van der Waals surface area contributed by atoms with Crippen LogP contribution in [0.15, 0.2) is 0 Å². The molecule has 2 fully saturated rings. The van der Waals surface area contributed by atoms with Gasteiger partial charge in [-0.15, -0.1) is 0 Å². The largest absolute Gasteiger partial charge is 0.342 e. The highest BCUT2D eigenvalue weighted by molar-refractivity contribution is 5.78. The third kappa shape index (κ3) is 4.18. The van der Waals surface area contributed by atoms with Crippen molar-refractivity contribution in [2.75, 3.05) is 39.3 Å². The number of carbonyl (C=O) groups is 1. The minimum absolute atomic E-state index is 0.341. The zero-order valence-corrected chi connectivity index (χ0v) is 12.5. The number of hydrogen-bond acceptors (Lipinski definition) is 3. The molecule has 0 bridgehead atoms. The van der Waals surface area contributed by atoms with Gasteiger partial charge in [0, 0.05) is 32.2 Å². The molecule has 0 saturated carbocycles. The highest BCUT2D eigenvalue weighted by atomic mass is 16.2. The highest BCUT2D eigenvalue weighted by Gasteiger charge is 2.27. The lowest BCUT2D eigenvalue weighted by Gasteiger charge is -2.38. The lowest BCUT2D eigenvalue weighted by molar-refractivity contribution is -0.133. The summed E-state index contributed by atoms with van der Waals surface area (Å²) in [6.07, 6.45) is 4.83. The van der Waals surface area contributed by atoms with Gasteiger partial charge < -0.3 is 10.2 Å². The third-order valence-electron chi connectivity index (χ3n) is 4.52. The van der Waals surface area contributed by atoms with Crippen molar-refractivity contribution in [2.45, 2.75) is 45.6 Å². The molecule has 0 radical (unpaired) electrons. The molecule has 0 spiro atoms. The molecule has 2 aliphatic heterocycles. The zero-order valence-electron chi connectivity index (χ0n) is 12.5. The molecule has 4 nitrogen and oxygen atoms in total. The Morgan fingerprint density at radius 2 is 1.95 bits per heavy atom. The van der Waals surface area contributed by atoms with E-state index in [1.165, 1.54) is 25.7 Å². The van der Waals surface area contributed by atoms with Crippen LogP contribution in [0, 0.1) is 5.92 Å². The van der Waals surface area contributed by atoms with Gasteiger partial charge in [-0.25, -0.2) is 0 Å². The zero-order chi connectivity index (χ0) is 13.7. The predicted octanol–water partition coefficient (Wildman–Crippen LogP) is 1.32. The Morgan fingerprint density at radius 1 is 1.21 bits per heavy atom. The van der Waals surface area contributed by atoms with Crippen LogP contribution in [0.4, 0.5) is 0 Å². The normalized spacial score (nSPS) is 29.5. The fourth-order valence-electron chi connectivity index (χ4n) is 3.38. The second-order valence-electron chi connectivity index (χ2n) is 6.11. The molecule has 19 heavy (non-hydrogen) atoms. The molecule has 2 aliphatic rings. The van der Waals surface area contributed by atoms with Crippen LogP contribution < -0.4 is 5.32 Å². The first-order chi connectivity index (χ1) is 9.20. The van der Waals surface area contributed by atoms with Crippen molar-refractivity contribution in [3.63, 3.8) is 0 Å². The van der Waals surface area contributed by atoms with Gasteiger partial charge in [-0.3, -0.25) is 9.69 Å². The maximum Gasteiger partial charge on any atom is 0.236 e. The molecule has 110 valence electrons. The molecule has 2 heterocycles. The summed E-state index contributed by atoms with van der Waals surface area (Å²) < 4.78 is 0. The van der Waals surface area contributed by atoms with E-state index in [0.717, 1.165) is 32.7 Å². The van der Waals surface area contributed by atoms with Crippen molar-refractivity contribution in [3.8, 4) is 0 Å². The fraction of sp³-hybridized carbons (Fsp3) is 0.933. The molecule has 2 saturated heterocycles. The van der Waals surface area contributed by atoms with E-state index < -0.39 is 0 Å². The third-order valence-corrected chi connectivity index (χ3v) is 4.52. The van der Waals surface area contributed by atoms with Crippen LogP contribution in [0.3, 0.4) is 0 Å². The number of hydrogen-bond donors (Lipinski definition) is 1. The quantitative estimate of drug-likeness (QED) is 0.834. The molecular formula is C15H29N3O. The summed E-state index contributed by atoms with van der Waals surface area (Å²) in [5.74, 6) is 0.983. The number of amides is 1. The topological polar surface area (TPSA) is 35.6 Å². The molecule has 0 aromatic rings. The molecular weight excluding hydrogens is 238 g/mol. The number of rotatable bonds is 4. The SMILES string of the molecule is CCNC1CCN(CC(=O)N2CCCCC2)CC1C. The summed E-state index contributed by atoms with van der Waals surface area (Å²) in [5, 5.41) is 3.55. The van der Waals surface area contributed by atoms with Gasteiger partial charge in [-0.1, -0.05) is 13.8 Å². The lowest BCUT2D eigenvalue weighted by Crippen LogP contribution is -2.51. The first-order valence-electron chi connectivity index (χ1n) is 7.94. The Hall–Kier alpha value is -0.610. The lowest BCUT2D eigenvalue weighted by atomic mass is 9.94. The van der Waals surface area contributed by atoms with Crippen LogP contribution in [0.2, 0.25) is 0 Å². The number of likely N-dealkylation sites (tertiary alicyclic amines) is 2. The fourth-order valence-corrected chi connectivity index (χ4v) is 3.38. The molecule has 2 atom stereocenters. The van der Waals surface area contributed by atoms with Crippen LogP contribution >= 0.6 is 0 Å². The van der Waals surface area contributed by atoms with Crippen LogP contribution in [0.25, 0.3) is 0 Å². The minimum atomic E-state index is 0.341. The van der Waals surface area contributed by atoms with Crippen LogP contribution in [-0.4, -0.2) is 61.0 Å². The summed E-state index contributed by atoms with van der Waals surface area (Å²) in [7, 11) is 0. The van der Waals surface area contributed by atoms with Gasteiger partial charge in [-0.2, -0.15) is 0 Å². The van der Waals surface area contributed by atoms with Gasteiger partial charge in [0.25, 0.3) is 0 Å². The van der Waals surface area contributed by atoms with Gasteiger partial charge in [0.05, 0.1) is 6.54 Å². The minimum Gasteiger partial charge on any atom is -0.342 e. The van der Waals surface area contributed by atoms with Crippen LogP contribution in [0.1, 0.15) is 39.5 Å². The number of nitrogens with one attached hydrogen (secondary N) is 1. The maximum absolute atomic E-state index is 12.2. The highest BCUT2D eigenvalue weighted by Crippen LogP contribution is 2.17. The van der Waals surface area contributed by atoms with Crippen molar-refractivity contribution >= 4 is 5.91 Å². The van der Waals surface area contributed by atoms with Gasteiger partial charge >= 0.3 is 0 Å². The first-order valence-corrected chi connectivity index (χ1v) is 7.94. The molecule has 1 amide bonds. The Labute approximate surface area is 117 Å². The average molecular weight is 267 g/mol. The van der Waals surface area contributed by atoms with Gasteiger partial charge in [-0.05, 0) is 38.1 Å². The monoisotopic (exact) mass is 267 g/mol. The van der Waals surface area contributed by atoms with Crippen LogP contribution in [0.5, 0.6) is 0 Å². The number of nitrogens with zero attached hydrogens (tertiary/aromatic N) is 2. The number of piperidine rings is 2. The van der Waals surface area contributed by atoms with Gasteiger partial charge in [0.2, 0.25) is 5.91 Å². The van der Waals surface area contributed by atoms with Crippen molar-refractivity contribution in [1.82, 2.24) is 15.1 Å². The number of carbonyl (C=O) groups excluding carboxylic acids is 1. The van der Waals surface area contributed by atoms with Crippen molar-refractivity contribution in [3.05, 3.63) is 0 Å². The van der Waals surface area contributed by atoms with E-state index in [1.807, 2.05) is 0 Å². The van der Waals surface area contributed by atoms with Crippen molar-refractivity contribution in [1.29, 1.82) is 0 Å². The summed E-state index contributed by atoms with van der Waals surface area (Å²) >= 11 is 0. The van der Waals surface area contributed by atoms with E-state index in [0.29, 0.717) is 24.4 Å². The summed E-state index contributed by atoms with van der Waals surface area (Å²) in [6.45, 7) is 10.2. The predicted molar refractivity (Wildman–Crippen MR) is 78.1 cm³/mol. The Kier molecular flexibility index (Phi) is 5.64. The molecule has 0 aromatic carbocycles. The van der Waals surface area contributed by atoms with Crippen molar-refractivity contribution < 1.29 is 4.79 Å². The second kappa shape index (κ2) is 7.25. The summed E-state index contributed by atoms with van der Waals surface area (Å²) in [6, 6.07) is 0.631. The van der Waals surface area contributed by atoms with Gasteiger partial charge in [0.1, 0.15) is 0 Å². The average Bonchev–Trinajstić information content (AvgIpc) is 2.43. The standard InChI is InChI=1S/C15H29N3O/c1-3-16-14-7-10-17(11-13(14)2)12-15(19)18-8-5-4-6-9-18/h13-14,16H,3-12H2,1-2H3. The first kappa shape index (κ1) is 14.8. The molecule has 0 aromatic heterocycles. The van der Waals surface area contributed by atoms with E-state index in [-0.39, 0.29) is 0 Å². The Balaban J connectivity index is 1.76. The second-order valence-corrected chi connectivity index (χ2v) is 6.11. The molecule has 2 unspecified atom stereocenters. The molecule has 0 aliphatic carbocycles. The van der Waals surface area contributed by atoms with Crippen molar-refractivity contribution in [2.24, 2.45) is 5.92 Å². The van der Waals surface area contributed by atoms with E-state index in [2.05, 4.69) is 29.0 Å². The van der Waals surface area contributed by atoms with E-state index >= 15 is 0 Å². The van der Waals surface area contributed by atoms with E-state index in [9.17, 15) is 4.79 Å². The maximum atomic E-state index is 12.2. The Bertz CT molecular complexity index is 289. The summed E-state index contributed by atoms with van der Waals surface area (Å²) in [4.78, 5) is 16.7. The van der Waals surface area contributed by atoms with E-state index in [4.69, 9.17) is 0 Å².